The minimum atomic E-state index is -1.15. The lowest BCUT2D eigenvalue weighted by Gasteiger charge is -2.22. The number of benzene rings is 2. The summed E-state index contributed by atoms with van der Waals surface area (Å²) in [5, 5.41) is 9.05. The standard InChI is InChI=1S/C21H21FN2O5/c1-27-17-8-5-15(19(9-17)28-2)11-24(10-14-3-6-16(22)7-4-14)12-20-23-18(13-29-20)21(25)26/h3-9,13H,10-12H2,1-2H3,(H,25,26). The van der Waals surface area contributed by atoms with Gasteiger partial charge in [0.05, 0.1) is 20.8 Å². The fraction of sp³-hybridized carbons (Fsp3) is 0.238. The molecule has 0 aliphatic heterocycles. The molecule has 7 nitrogen and oxygen atoms in total. The Morgan fingerprint density at radius 2 is 1.86 bits per heavy atom. The normalized spacial score (nSPS) is 10.9. The van der Waals surface area contributed by atoms with Gasteiger partial charge in [-0.05, 0) is 23.8 Å². The molecule has 0 radical (unpaired) electrons. The molecule has 0 atom stereocenters. The van der Waals surface area contributed by atoms with Gasteiger partial charge in [-0.2, -0.15) is 0 Å². The maximum Gasteiger partial charge on any atom is 0.357 e. The molecule has 1 aromatic heterocycles. The fourth-order valence-corrected chi connectivity index (χ4v) is 2.91. The summed E-state index contributed by atoms with van der Waals surface area (Å²) in [5.74, 6) is 0.149. The quantitative estimate of drug-likeness (QED) is 0.586. The number of ether oxygens (including phenoxy) is 2. The Bertz CT molecular complexity index is 971. The Balaban J connectivity index is 1.85. The number of hydrogen-bond donors (Lipinski definition) is 1. The highest BCUT2D eigenvalue weighted by atomic mass is 19.1. The summed E-state index contributed by atoms with van der Waals surface area (Å²) in [7, 11) is 3.16. The van der Waals surface area contributed by atoms with Crippen LogP contribution >= 0.6 is 0 Å². The molecular weight excluding hydrogens is 379 g/mol. The number of carboxylic acid groups (broad SMARTS) is 1. The van der Waals surface area contributed by atoms with Crippen molar-refractivity contribution < 1.29 is 28.2 Å². The summed E-state index contributed by atoms with van der Waals surface area (Å²) in [4.78, 5) is 17.1. The number of halogens is 1. The van der Waals surface area contributed by atoms with Crippen LogP contribution in [0.5, 0.6) is 11.5 Å². The van der Waals surface area contributed by atoms with Crippen molar-refractivity contribution in [2.24, 2.45) is 0 Å². The van der Waals surface area contributed by atoms with E-state index in [-0.39, 0.29) is 23.9 Å². The number of aromatic nitrogens is 1. The largest absolute Gasteiger partial charge is 0.497 e. The van der Waals surface area contributed by atoms with Crippen molar-refractivity contribution in [1.82, 2.24) is 9.88 Å². The van der Waals surface area contributed by atoms with Gasteiger partial charge in [0.1, 0.15) is 23.6 Å². The smallest absolute Gasteiger partial charge is 0.357 e. The molecule has 0 amide bonds. The number of methoxy groups -OCH3 is 2. The Kier molecular flexibility index (Phi) is 6.46. The zero-order chi connectivity index (χ0) is 20.8. The second kappa shape index (κ2) is 9.20. The number of nitrogens with zero attached hydrogens (tertiary/aromatic N) is 2. The van der Waals surface area contributed by atoms with E-state index in [0.717, 1.165) is 17.4 Å². The van der Waals surface area contributed by atoms with Gasteiger partial charge in [-0.3, -0.25) is 4.90 Å². The van der Waals surface area contributed by atoms with Crippen LogP contribution in [0.3, 0.4) is 0 Å². The summed E-state index contributed by atoms with van der Waals surface area (Å²) < 4.78 is 29.2. The van der Waals surface area contributed by atoms with Crippen molar-refractivity contribution in [2.45, 2.75) is 19.6 Å². The van der Waals surface area contributed by atoms with Crippen molar-refractivity contribution in [3.05, 3.63) is 77.3 Å². The van der Waals surface area contributed by atoms with Gasteiger partial charge in [-0.1, -0.05) is 18.2 Å². The van der Waals surface area contributed by atoms with Crippen LogP contribution in [0.2, 0.25) is 0 Å². The third kappa shape index (κ3) is 5.32. The molecule has 3 aromatic rings. The number of carbonyl (C=O) groups is 1. The van der Waals surface area contributed by atoms with Gasteiger partial charge in [0.15, 0.2) is 5.69 Å². The number of rotatable bonds is 9. The van der Waals surface area contributed by atoms with E-state index in [2.05, 4.69) is 4.98 Å². The number of carboxylic acids is 1. The third-order valence-corrected chi connectivity index (χ3v) is 4.34. The van der Waals surface area contributed by atoms with E-state index in [1.807, 2.05) is 17.0 Å². The van der Waals surface area contributed by atoms with Crippen LogP contribution in [0.15, 0.2) is 53.1 Å². The molecule has 152 valence electrons. The molecule has 8 heteroatoms. The SMILES string of the molecule is COc1ccc(CN(Cc2ccc(F)cc2)Cc2nc(C(=O)O)co2)c(OC)c1. The average Bonchev–Trinajstić information content (AvgIpc) is 3.19. The Morgan fingerprint density at radius 1 is 1.10 bits per heavy atom. The topological polar surface area (TPSA) is 85.0 Å². The van der Waals surface area contributed by atoms with Crippen LogP contribution in [-0.4, -0.2) is 35.2 Å². The van der Waals surface area contributed by atoms with Crippen molar-refractivity contribution in [3.63, 3.8) is 0 Å². The van der Waals surface area contributed by atoms with Crippen molar-refractivity contribution in [2.75, 3.05) is 14.2 Å². The minimum absolute atomic E-state index is 0.149. The highest BCUT2D eigenvalue weighted by Gasteiger charge is 2.17. The van der Waals surface area contributed by atoms with Crippen LogP contribution < -0.4 is 9.47 Å². The van der Waals surface area contributed by atoms with E-state index < -0.39 is 5.97 Å². The van der Waals surface area contributed by atoms with E-state index in [0.29, 0.717) is 24.6 Å². The molecule has 0 aliphatic rings. The van der Waals surface area contributed by atoms with Gasteiger partial charge >= 0.3 is 5.97 Å². The van der Waals surface area contributed by atoms with E-state index in [9.17, 15) is 9.18 Å². The van der Waals surface area contributed by atoms with Gasteiger partial charge in [0.2, 0.25) is 5.89 Å². The first kappa shape index (κ1) is 20.3. The number of hydrogen-bond acceptors (Lipinski definition) is 6. The zero-order valence-electron chi connectivity index (χ0n) is 16.1. The lowest BCUT2D eigenvalue weighted by Crippen LogP contribution is -2.23. The van der Waals surface area contributed by atoms with Gasteiger partial charge in [-0.25, -0.2) is 14.2 Å². The monoisotopic (exact) mass is 400 g/mol. The predicted octanol–water partition coefficient (Wildman–Crippen LogP) is 3.73. The molecule has 29 heavy (non-hydrogen) atoms. The summed E-state index contributed by atoms with van der Waals surface area (Å²) in [6.45, 7) is 1.20. The fourth-order valence-electron chi connectivity index (χ4n) is 2.91. The van der Waals surface area contributed by atoms with Crippen molar-refractivity contribution in [1.29, 1.82) is 0 Å². The maximum absolute atomic E-state index is 13.2. The molecule has 0 saturated carbocycles. The second-order valence-corrected chi connectivity index (χ2v) is 6.38. The number of aromatic carboxylic acids is 1. The Hall–Kier alpha value is -3.39. The van der Waals surface area contributed by atoms with Gasteiger partial charge in [0.25, 0.3) is 0 Å². The maximum atomic E-state index is 13.2. The van der Waals surface area contributed by atoms with Gasteiger partial charge < -0.3 is 19.0 Å². The molecule has 0 bridgehead atoms. The van der Waals surface area contributed by atoms with Gasteiger partial charge in [-0.15, -0.1) is 0 Å². The second-order valence-electron chi connectivity index (χ2n) is 6.38. The van der Waals surface area contributed by atoms with Crippen LogP contribution in [0, 0.1) is 5.82 Å². The van der Waals surface area contributed by atoms with E-state index in [1.165, 1.54) is 12.1 Å². The van der Waals surface area contributed by atoms with Crippen molar-refractivity contribution >= 4 is 5.97 Å². The molecule has 1 N–H and O–H groups in total. The molecule has 0 fully saturated rings. The molecule has 0 aliphatic carbocycles. The minimum Gasteiger partial charge on any atom is -0.497 e. The molecule has 0 spiro atoms. The Labute approximate surface area is 167 Å². The van der Waals surface area contributed by atoms with Crippen LogP contribution in [0.1, 0.15) is 27.5 Å². The van der Waals surface area contributed by atoms with E-state index in [1.54, 1.807) is 32.4 Å². The molecule has 2 aromatic carbocycles. The predicted molar refractivity (Wildman–Crippen MR) is 102 cm³/mol. The summed E-state index contributed by atoms with van der Waals surface area (Å²) >= 11 is 0. The average molecular weight is 400 g/mol. The highest BCUT2D eigenvalue weighted by Crippen LogP contribution is 2.27. The molecule has 3 rings (SSSR count). The Morgan fingerprint density at radius 3 is 2.48 bits per heavy atom. The lowest BCUT2D eigenvalue weighted by atomic mass is 10.1. The summed E-state index contributed by atoms with van der Waals surface area (Å²) in [6, 6.07) is 11.7. The van der Waals surface area contributed by atoms with E-state index in [4.69, 9.17) is 19.0 Å². The number of oxazole rings is 1. The third-order valence-electron chi connectivity index (χ3n) is 4.34. The van der Waals surface area contributed by atoms with Crippen LogP contribution in [0.25, 0.3) is 0 Å². The molecule has 0 saturated heterocycles. The zero-order valence-corrected chi connectivity index (χ0v) is 16.1. The highest BCUT2D eigenvalue weighted by molar-refractivity contribution is 5.84. The first-order valence-corrected chi connectivity index (χ1v) is 8.84. The molecule has 1 heterocycles. The molecule has 0 unspecified atom stereocenters. The molecular formula is C21H21FN2O5. The first-order chi connectivity index (χ1) is 14.0. The van der Waals surface area contributed by atoms with Crippen LogP contribution in [-0.2, 0) is 19.6 Å². The van der Waals surface area contributed by atoms with Crippen LogP contribution in [0.4, 0.5) is 4.39 Å². The summed E-state index contributed by atoms with van der Waals surface area (Å²) in [5.41, 5.74) is 1.65. The van der Waals surface area contributed by atoms with E-state index >= 15 is 0 Å². The lowest BCUT2D eigenvalue weighted by molar-refractivity contribution is 0.0690. The summed E-state index contributed by atoms with van der Waals surface area (Å²) in [6.07, 6.45) is 1.11. The first-order valence-electron chi connectivity index (χ1n) is 8.84. The van der Waals surface area contributed by atoms with Crippen molar-refractivity contribution in [3.8, 4) is 11.5 Å². The van der Waals surface area contributed by atoms with Gasteiger partial charge in [0, 0.05) is 24.7 Å².